The maximum Gasteiger partial charge on any atom is 0.297 e. The number of ether oxygens (including phenoxy) is 1. The minimum absolute atomic E-state index is 0.0444. The van der Waals surface area contributed by atoms with Crippen molar-refractivity contribution in [3.05, 3.63) is 30.3 Å². The Morgan fingerprint density at radius 1 is 0.892 bits per heavy atom. The van der Waals surface area contributed by atoms with E-state index in [0.29, 0.717) is 6.42 Å². The van der Waals surface area contributed by atoms with Gasteiger partial charge >= 0.3 is 0 Å². The van der Waals surface area contributed by atoms with Crippen LogP contribution in [0.4, 0.5) is 0 Å². The second-order valence-corrected chi connectivity index (χ2v) is 13.2. The molecular formula is C28H38N2O6S. The first-order valence-corrected chi connectivity index (χ1v) is 15.5. The van der Waals surface area contributed by atoms with Gasteiger partial charge in [-0.3, -0.25) is 13.8 Å². The van der Waals surface area contributed by atoms with Gasteiger partial charge in [0.15, 0.2) is 0 Å². The van der Waals surface area contributed by atoms with Crippen LogP contribution in [0, 0.1) is 23.7 Å². The Morgan fingerprint density at radius 2 is 1.57 bits per heavy atom. The van der Waals surface area contributed by atoms with Gasteiger partial charge in [0.25, 0.3) is 10.1 Å². The molecule has 0 amide bonds. The lowest BCUT2D eigenvalue weighted by atomic mass is 9.55. The van der Waals surface area contributed by atoms with Crippen molar-refractivity contribution in [3.63, 3.8) is 0 Å². The van der Waals surface area contributed by atoms with E-state index in [1.165, 1.54) is 12.1 Å². The molecule has 5 fully saturated rings. The van der Waals surface area contributed by atoms with Gasteiger partial charge in [-0.15, -0.1) is 0 Å². The molecule has 0 spiro atoms. The molecule has 1 saturated heterocycles. The molecule has 0 aromatic heterocycles. The normalized spacial score (nSPS) is 39.7. The van der Waals surface area contributed by atoms with E-state index in [-0.39, 0.29) is 77.7 Å². The Bertz CT molecular complexity index is 1110. The lowest BCUT2D eigenvalue weighted by Crippen LogP contribution is -2.72. The summed E-state index contributed by atoms with van der Waals surface area (Å²) in [5, 5.41) is 7.23. The first-order valence-electron chi connectivity index (χ1n) is 14.1. The maximum atomic E-state index is 13.9. The molecule has 1 aliphatic heterocycles. The fraction of sp³-hybridized carbons (Fsp3) is 0.714. The SMILES string of the molecule is O=C1C2CCCCC2C(=O)C2C3NC4CCCCC4OC3CC(NCCOS(=O)(=O)c3ccccc3)C12. The summed E-state index contributed by atoms with van der Waals surface area (Å²) in [6, 6.07) is 7.97. The highest BCUT2D eigenvalue weighted by atomic mass is 32.2. The maximum absolute atomic E-state index is 13.9. The van der Waals surface area contributed by atoms with Crippen molar-refractivity contribution in [3.8, 4) is 0 Å². The summed E-state index contributed by atoms with van der Waals surface area (Å²) in [6.07, 6.45) is 8.66. The molecular weight excluding hydrogens is 492 g/mol. The number of carbonyl (C=O) groups excluding carboxylic acids is 2. The van der Waals surface area contributed by atoms with Crippen molar-refractivity contribution in [2.75, 3.05) is 13.2 Å². The monoisotopic (exact) mass is 530 g/mol. The van der Waals surface area contributed by atoms with Gasteiger partial charge < -0.3 is 15.4 Å². The Morgan fingerprint density at radius 3 is 2.32 bits per heavy atom. The van der Waals surface area contributed by atoms with Gasteiger partial charge in [0.1, 0.15) is 11.6 Å². The fourth-order valence-corrected chi connectivity index (χ4v) is 8.75. The minimum atomic E-state index is -3.85. The smallest absolute Gasteiger partial charge is 0.297 e. The van der Waals surface area contributed by atoms with E-state index in [1.54, 1.807) is 18.2 Å². The average Bonchev–Trinajstić information content (AvgIpc) is 2.93. The highest BCUT2D eigenvalue weighted by molar-refractivity contribution is 7.86. The number of ketones is 2. The van der Waals surface area contributed by atoms with Gasteiger partial charge in [-0.05, 0) is 44.2 Å². The quantitative estimate of drug-likeness (QED) is 0.427. The zero-order valence-electron chi connectivity index (χ0n) is 21.2. The van der Waals surface area contributed by atoms with Crippen molar-refractivity contribution in [1.82, 2.24) is 10.6 Å². The molecule has 37 heavy (non-hydrogen) atoms. The Labute approximate surface area is 219 Å². The third-order valence-corrected chi connectivity index (χ3v) is 10.8. The first-order chi connectivity index (χ1) is 17.9. The van der Waals surface area contributed by atoms with Gasteiger partial charge in [0, 0.05) is 48.3 Å². The molecule has 2 N–H and O–H groups in total. The molecule has 202 valence electrons. The minimum Gasteiger partial charge on any atom is -0.372 e. The largest absolute Gasteiger partial charge is 0.372 e. The Balaban J connectivity index is 1.20. The van der Waals surface area contributed by atoms with E-state index in [4.69, 9.17) is 8.92 Å². The summed E-state index contributed by atoms with van der Waals surface area (Å²) in [4.78, 5) is 28.0. The van der Waals surface area contributed by atoms with Crippen molar-refractivity contribution < 1.29 is 26.9 Å². The highest BCUT2D eigenvalue weighted by Gasteiger charge is 2.60. The number of hydrogen-bond acceptors (Lipinski definition) is 8. The van der Waals surface area contributed by atoms with Gasteiger partial charge in [-0.2, -0.15) is 8.42 Å². The standard InChI is InChI=1S/C28H38N2O6S/c31-27-18-10-4-5-11-19(18)28(32)25-24(27)21(16-23-26(25)30-20-12-6-7-13-22(20)36-23)29-14-15-35-37(33,34)17-8-2-1-3-9-17/h1-3,8-9,18-26,29-30H,4-7,10-16H2. The number of carbonyl (C=O) groups is 2. The third-order valence-electron chi connectivity index (χ3n) is 9.49. The second kappa shape index (κ2) is 10.5. The van der Waals surface area contributed by atoms with E-state index in [1.807, 2.05) is 0 Å². The van der Waals surface area contributed by atoms with Crippen LogP contribution in [0.5, 0.6) is 0 Å². The van der Waals surface area contributed by atoms with Crippen LogP contribution in [0.25, 0.3) is 0 Å². The van der Waals surface area contributed by atoms with Crippen LogP contribution in [0.1, 0.15) is 57.8 Å². The van der Waals surface area contributed by atoms with Crippen molar-refractivity contribution >= 4 is 21.7 Å². The van der Waals surface area contributed by atoms with Crippen molar-refractivity contribution in [2.45, 2.75) is 93.0 Å². The van der Waals surface area contributed by atoms with Crippen LogP contribution in [0.15, 0.2) is 35.2 Å². The van der Waals surface area contributed by atoms with E-state index in [2.05, 4.69) is 10.6 Å². The molecule has 5 aliphatic rings. The Hall–Kier alpha value is -1.65. The van der Waals surface area contributed by atoms with E-state index in [9.17, 15) is 18.0 Å². The number of rotatable bonds is 6. The lowest BCUT2D eigenvalue weighted by molar-refractivity contribution is -0.173. The van der Waals surface area contributed by atoms with Gasteiger partial charge in [0.05, 0.1) is 23.7 Å². The molecule has 9 unspecified atom stereocenters. The zero-order valence-corrected chi connectivity index (χ0v) is 22.0. The van der Waals surface area contributed by atoms with Crippen molar-refractivity contribution in [2.24, 2.45) is 23.7 Å². The summed E-state index contributed by atoms with van der Waals surface area (Å²) >= 11 is 0. The van der Waals surface area contributed by atoms with Gasteiger partial charge in [0.2, 0.25) is 0 Å². The average molecular weight is 531 g/mol. The number of morpholine rings is 1. The number of fused-ring (bicyclic) bond motifs is 5. The highest BCUT2D eigenvalue weighted by Crippen LogP contribution is 2.48. The fourth-order valence-electron chi connectivity index (χ4n) is 7.82. The van der Waals surface area contributed by atoms with E-state index in [0.717, 1.165) is 51.4 Å². The van der Waals surface area contributed by atoms with Crippen LogP contribution in [-0.4, -0.2) is 63.5 Å². The summed E-state index contributed by atoms with van der Waals surface area (Å²) in [5.74, 6) is -0.674. The molecule has 0 radical (unpaired) electrons. The molecule has 0 bridgehead atoms. The van der Waals surface area contributed by atoms with E-state index >= 15 is 0 Å². The van der Waals surface area contributed by atoms with Gasteiger partial charge in [-0.1, -0.05) is 43.9 Å². The van der Waals surface area contributed by atoms with Crippen LogP contribution < -0.4 is 10.6 Å². The van der Waals surface area contributed by atoms with E-state index < -0.39 is 16.0 Å². The Kier molecular flexibility index (Phi) is 7.26. The molecule has 1 aromatic carbocycles. The molecule has 4 saturated carbocycles. The molecule has 4 aliphatic carbocycles. The summed E-state index contributed by atoms with van der Waals surface area (Å²) in [5.41, 5.74) is 0. The topological polar surface area (TPSA) is 111 Å². The third kappa shape index (κ3) is 4.82. The molecule has 9 heteroatoms. The zero-order chi connectivity index (χ0) is 25.6. The number of benzene rings is 1. The summed E-state index contributed by atoms with van der Waals surface area (Å²) < 4.78 is 36.9. The van der Waals surface area contributed by atoms with Crippen LogP contribution in [0.2, 0.25) is 0 Å². The number of Topliss-reactive ketones (excluding diaryl/α,β-unsaturated/α-hetero) is 2. The van der Waals surface area contributed by atoms with Crippen LogP contribution in [-0.2, 0) is 28.6 Å². The van der Waals surface area contributed by atoms with Crippen LogP contribution in [0.3, 0.4) is 0 Å². The number of hydrogen-bond donors (Lipinski definition) is 2. The first kappa shape index (κ1) is 25.6. The van der Waals surface area contributed by atoms with Crippen molar-refractivity contribution in [1.29, 1.82) is 0 Å². The molecule has 1 heterocycles. The second-order valence-electron chi connectivity index (χ2n) is 11.5. The summed E-state index contributed by atoms with van der Waals surface area (Å²) in [7, 11) is -3.85. The van der Waals surface area contributed by atoms with Gasteiger partial charge in [-0.25, -0.2) is 0 Å². The number of nitrogens with one attached hydrogen (secondary N) is 2. The van der Waals surface area contributed by atoms with Crippen LogP contribution >= 0.6 is 0 Å². The molecule has 9 atom stereocenters. The molecule has 6 rings (SSSR count). The summed E-state index contributed by atoms with van der Waals surface area (Å²) in [6.45, 7) is 0.226. The lowest BCUT2D eigenvalue weighted by Gasteiger charge is -2.56. The predicted molar refractivity (Wildman–Crippen MR) is 136 cm³/mol. The molecule has 1 aromatic rings. The molecule has 8 nitrogen and oxygen atoms in total. The predicted octanol–water partition coefficient (Wildman–Crippen LogP) is 2.61.